The van der Waals surface area contributed by atoms with Gasteiger partial charge < -0.3 is 34.6 Å². The molecule has 2 amide bonds. The number of amides is 2. The summed E-state index contributed by atoms with van der Waals surface area (Å²) in [5.74, 6) is 0.903. The molecule has 2 saturated heterocycles. The SMILES string of the molecule is COc1ccccc1N1CCN(c2ccc(NC(=O)COc3ccc(Cl)cc3)cc2C(=O)NCCCN2CCOCC2)CC1. The summed E-state index contributed by atoms with van der Waals surface area (Å²) in [6, 6.07) is 20.3. The number of halogens is 1. The average Bonchev–Trinajstić information content (AvgIpc) is 3.07. The van der Waals surface area contributed by atoms with Crippen LogP contribution in [0.4, 0.5) is 17.1 Å². The zero-order valence-electron chi connectivity index (χ0n) is 25.1. The highest BCUT2D eigenvalue weighted by molar-refractivity contribution is 6.30. The van der Waals surface area contributed by atoms with Gasteiger partial charge >= 0.3 is 0 Å². The van der Waals surface area contributed by atoms with E-state index in [4.69, 9.17) is 25.8 Å². The summed E-state index contributed by atoms with van der Waals surface area (Å²) in [5, 5.41) is 6.56. The number of carbonyl (C=O) groups excluding carboxylic acids is 2. The molecule has 5 rings (SSSR count). The third-order valence-corrected chi connectivity index (χ3v) is 8.05. The number of carbonyl (C=O) groups is 2. The zero-order chi connectivity index (χ0) is 30.7. The largest absolute Gasteiger partial charge is 0.495 e. The van der Waals surface area contributed by atoms with Gasteiger partial charge in [-0.3, -0.25) is 14.5 Å². The molecule has 0 saturated carbocycles. The summed E-state index contributed by atoms with van der Waals surface area (Å²) in [6.07, 6.45) is 0.844. The fourth-order valence-corrected chi connectivity index (χ4v) is 5.58. The Morgan fingerprint density at radius 1 is 0.886 bits per heavy atom. The minimum atomic E-state index is -0.324. The molecular weight excluding hydrogens is 582 g/mol. The number of para-hydroxylation sites is 2. The van der Waals surface area contributed by atoms with E-state index < -0.39 is 0 Å². The fourth-order valence-electron chi connectivity index (χ4n) is 5.45. The van der Waals surface area contributed by atoms with Gasteiger partial charge in [0.2, 0.25) is 0 Å². The van der Waals surface area contributed by atoms with Crippen LogP contribution in [0.15, 0.2) is 66.7 Å². The van der Waals surface area contributed by atoms with Crippen molar-refractivity contribution in [2.75, 3.05) is 94.4 Å². The topological polar surface area (TPSA) is 95.6 Å². The fraction of sp³-hybridized carbons (Fsp3) is 0.394. The van der Waals surface area contributed by atoms with E-state index in [1.807, 2.05) is 30.3 Å². The smallest absolute Gasteiger partial charge is 0.262 e. The van der Waals surface area contributed by atoms with Crippen LogP contribution in [0, 0.1) is 0 Å². The number of nitrogens with one attached hydrogen (secondary N) is 2. The summed E-state index contributed by atoms with van der Waals surface area (Å²) in [7, 11) is 1.69. The highest BCUT2D eigenvalue weighted by Crippen LogP contribution is 2.31. The number of hydrogen-bond donors (Lipinski definition) is 2. The molecule has 0 radical (unpaired) electrons. The molecule has 0 aliphatic carbocycles. The number of piperazine rings is 1. The van der Waals surface area contributed by atoms with E-state index in [-0.39, 0.29) is 18.4 Å². The zero-order valence-corrected chi connectivity index (χ0v) is 25.9. The van der Waals surface area contributed by atoms with Crippen molar-refractivity contribution in [3.63, 3.8) is 0 Å². The lowest BCUT2D eigenvalue weighted by atomic mass is 10.1. The van der Waals surface area contributed by atoms with Crippen molar-refractivity contribution >= 4 is 40.5 Å². The number of morpholine rings is 1. The van der Waals surface area contributed by atoms with E-state index in [0.29, 0.717) is 28.6 Å². The lowest BCUT2D eigenvalue weighted by Crippen LogP contribution is -2.47. The van der Waals surface area contributed by atoms with Gasteiger partial charge in [-0.25, -0.2) is 0 Å². The predicted molar refractivity (Wildman–Crippen MR) is 174 cm³/mol. The first kappa shape index (κ1) is 31.4. The molecule has 0 unspecified atom stereocenters. The van der Waals surface area contributed by atoms with Crippen molar-refractivity contribution in [3.05, 3.63) is 77.3 Å². The Morgan fingerprint density at radius 3 is 2.32 bits per heavy atom. The van der Waals surface area contributed by atoms with Crippen LogP contribution in [-0.4, -0.2) is 96.0 Å². The normalized spacial score (nSPS) is 15.5. The van der Waals surface area contributed by atoms with Crippen LogP contribution in [0.1, 0.15) is 16.8 Å². The Balaban J connectivity index is 1.24. The summed E-state index contributed by atoms with van der Waals surface area (Å²) in [5.41, 5.74) is 2.96. The first-order valence-corrected chi connectivity index (χ1v) is 15.4. The van der Waals surface area contributed by atoms with Crippen LogP contribution in [0.5, 0.6) is 11.5 Å². The lowest BCUT2D eigenvalue weighted by molar-refractivity contribution is -0.118. The van der Waals surface area contributed by atoms with E-state index in [1.165, 1.54) is 0 Å². The molecule has 0 bridgehead atoms. The third-order valence-electron chi connectivity index (χ3n) is 7.80. The highest BCUT2D eigenvalue weighted by Gasteiger charge is 2.24. The van der Waals surface area contributed by atoms with Crippen LogP contribution >= 0.6 is 11.6 Å². The molecule has 0 spiro atoms. The van der Waals surface area contributed by atoms with Gasteiger partial charge in [-0.05, 0) is 67.6 Å². The molecule has 2 heterocycles. The minimum absolute atomic E-state index is 0.164. The molecule has 234 valence electrons. The number of anilines is 3. The monoisotopic (exact) mass is 621 g/mol. The van der Waals surface area contributed by atoms with Gasteiger partial charge in [0.05, 0.1) is 31.6 Å². The van der Waals surface area contributed by atoms with Gasteiger partial charge in [0, 0.05) is 62.2 Å². The van der Waals surface area contributed by atoms with Gasteiger partial charge in [-0.1, -0.05) is 23.7 Å². The van der Waals surface area contributed by atoms with E-state index in [2.05, 4.69) is 31.4 Å². The molecule has 2 aliphatic heterocycles. The Bertz CT molecular complexity index is 1390. The van der Waals surface area contributed by atoms with Crippen LogP contribution in [0.25, 0.3) is 0 Å². The second kappa shape index (κ2) is 15.7. The van der Waals surface area contributed by atoms with Crippen molar-refractivity contribution < 1.29 is 23.8 Å². The molecule has 2 aliphatic rings. The van der Waals surface area contributed by atoms with E-state index >= 15 is 0 Å². The molecule has 3 aromatic rings. The summed E-state index contributed by atoms with van der Waals surface area (Å²) < 4.78 is 16.6. The van der Waals surface area contributed by atoms with E-state index in [1.54, 1.807) is 37.4 Å². The Hall–Kier alpha value is -3.99. The molecule has 44 heavy (non-hydrogen) atoms. The van der Waals surface area contributed by atoms with Crippen LogP contribution in [0.3, 0.4) is 0 Å². The average molecular weight is 622 g/mol. The molecule has 0 atom stereocenters. The quantitative estimate of drug-likeness (QED) is 0.292. The first-order valence-electron chi connectivity index (χ1n) is 15.0. The predicted octanol–water partition coefficient (Wildman–Crippen LogP) is 4.14. The molecule has 11 heteroatoms. The number of hydrogen-bond acceptors (Lipinski definition) is 8. The second-order valence-electron chi connectivity index (χ2n) is 10.7. The second-order valence-corrected chi connectivity index (χ2v) is 11.2. The number of nitrogens with zero attached hydrogens (tertiary/aromatic N) is 3. The molecule has 0 aromatic heterocycles. The van der Waals surface area contributed by atoms with Gasteiger partial charge in [0.1, 0.15) is 11.5 Å². The Kier molecular flexibility index (Phi) is 11.2. The van der Waals surface area contributed by atoms with Crippen LogP contribution < -0.4 is 29.9 Å². The number of methoxy groups -OCH3 is 1. The van der Waals surface area contributed by atoms with Gasteiger partial charge in [0.25, 0.3) is 11.8 Å². The van der Waals surface area contributed by atoms with Crippen molar-refractivity contribution in [2.45, 2.75) is 6.42 Å². The highest BCUT2D eigenvalue weighted by atomic mass is 35.5. The van der Waals surface area contributed by atoms with Gasteiger partial charge in [-0.2, -0.15) is 0 Å². The van der Waals surface area contributed by atoms with Crippen LogP contribution in [-0.2, 0) is 9.53 Å². The molecule has 3 aromatic carbocycles. The van der Waals surface area contributed by atoms with E-state index in [0.717, 1.165) is 82.6 Å². The Labute approximate surface area is 263 Å². The maximum absolute atomic E-state index is 13.6. The molecule has 10 nitrogen and oxygen atoms in total. The Morgan fingerprint density at radius 2 is 1.59 bits per heavy atom. The number of benzene rings is 3. The maximum Gasteiger partial charge on any atom is 0.262 e. The molecule has 2 fully saturated rings. The van der Waals surface area contributed by atoms with E-state index in [9.17, 15) is 9.59 Å². The summed E-state index contributed by atoms with van der Waals surface area (Å²) in [6.45, 7) is 7.66. The summed E-state index contributed by atoms with van der Waals surface area (Å²) in [4.78, 5) is 33.1. The van der Waals surface area contributed by atoms with Crippen molar-refractivity contribution in [1.29, 1.82) is 0 Å². The first-order chi connectivity index (χ1) is 21.5. The van der Waals surface area contributed by atoms with Crippen LogP contribution in [0.2, 0.25) is 5.02 Å². The maximum atomic E-state index is 13.6. The molecule has 2 N–H and O–H groups in total. The molecular formula is C33H40ClN5O5. The van der Waals surface area contributed by atoms with Gasteiger partial charge in [-0.15, -0.1) is 0 Å². The van der Waals surface area contributed by atoms with Crippen molar-refractivity contribution in [1.82, 2.24) is 10.2 Å². The number of rotatable bonds is 12. The van der Waals surface area contributed by atoms with Crippen molar-refractivity contribution in [3.8, 4) is 11.5 Å². The van der Waals surface area contributed by atoms with Gasteiger partial charge in [0.15, 0.2) is 6.61 Å². The summed E-state index contributed by atoms with van der Waals surface area (Å²) >= 11 is 5.93. The van der Waals surface area contributed by atoms with Crippen molar-refractivity contribution in [2.24, 2.45) is 0 Å². The third kappa shape index (κ3) is 8.56. The number of ether oxygens (including phenoxy) is 3. The minimum Gasteiger partial charge on any atom is -0.495 e. The standard InChI is InChI=1S/C33H40ClN5O5/c1-42-31-6-3-2-5-30(31)39-17-15-38(16-18-39)29-12-9-26(36-32(40)24-44-27-10-7-25(34)8-11-27)23-28(29)33(41)35-13-4-14-37-19-21-43-22-20-37/h2-3,5-12,23H,4,13-22,24H2,1H3,(H,35,41)(H,36,40). The lowest BCUT2D eigenvalue weighted by Gasteiger charge is -2.38.